The van der Waals surface area contributed by atoms with Crippen LogP contribution in [0.15, 0.2) is 0 Å². The highest BCUT2D eigenvalue weighted by molar-refractivity contribution is 4.83. The molecular formula is C12H24O2. The van der Waals surface area contributed by atoms with E-state index < -0.39 is 0 Å². The van der Waals surface area contributed by atoms with Gasteiger partial charge in [0.1, 0.15) is 0 Å². The van der Waals surface area contributed by atoms with Crippen molar-refractivity contribution in [2.75, 3.05) is 6.61 Å². The number of aliphatic hydroxyl groups is 1. The van der Waals surface area contributed by atoms with Crippen molar-refractivity contribution < 1.29 is 9.84 Å². The van der Waals surface area contributed by atoms with Crippen LogP contribution in [0, 0.1) is 11.3 Å². The van der Waals surface area contributed by atoms with Crippen LogP contribution in [0.5, 0.6) is 0 Å². The molecule has 14 heavy (non-hydrogen) atoms. The molecule has 1 aliphatic rings. The molecule has 0 spiro atoms. The van der Waals surface area contributed by atoms with Gasteiger partial charge in [-0.15, -0.1) is 0 Å². The first-order valence-electron chi connectivity index (χ1n) is 5.74. The van der Waals surface area contributed by atoms with E-state index in [1.807, 2.05) is 0 Å². The summed E-state index contributed by atoms with van der Waals surface area (Å²) in [6.07, 6.45) is 4.10. The predicted octanol–water partition coefficient (Wildman–Crippen LogP) is 2.60. The minimum Gasteiger partial charge on any atom is -0.396 e. The third-order valence-electron chi connectivity index (χ3n) is 3.77. The summed E-state index contributed by atoms with van der Waals surface area (Å²) in [5.41, 5.74) is 0.0225. The summed E-state index contributed by atoms with van der Waals surface area (Å²) in [7, 11) is 0. The Bertz CT molecular complexity index is 179. The molecule has 0 aromatic rings. The van der Waals surface area contributed by atoms with Gasteiger partial charge in [0.25, 0.3) is 0 Å². The zero-order valence-electron chi connectivity index (χ0n) is 9.92. The molecule has 0 saturated carbocycles. The molecule has 0 aliphatic carbocycles. The highest BCUT2D eigenvalue weighted by Crippen LogP contribution is 2.36. The van der Waals surface area contributed by atoms with Crippen molar-refractivity contribution in [3.8, 4) is 0 Å². The molecule has 0 aromatic heterocycles. The lowest BCUT2D eigenvalue weighted by atomic mass is 9.75. The van der Waals surface area contributed by atoms with Crippen LogP contribution in [0.2, 0.25) is 0 Å². The maximum absolute atomic E-state index is 9.43. The maximum atomic E-state index is 9.43. The Hall–Kier alpha value is -0.0800. The van der Waals surface area contributed by atoms with E-state index in [-0.39, 0.29) is 12.0 Å². The van der Waals surface area contributed by atoms with Gasteiger partial charge in [-0.05, 0) is 37.5 Å². The molecule has 1 fully saturated rings. The summed E-state index contributed by atoms with van der Waals surface area (Å²) in [6, 6.07) is 0. The van der Waals surface area contributed by atoms with Crippen LogP contribution in [0.1, 0.15) is 47.0 Å². The van der Waals surface area contributed by atoms with Gasteiger partial charge in [0.2, 0.25) is 0 Å². The molecule has 0 bridgehead atoms. The van der Waals surface area contributed by atoms with Gasteiger partial charge in [0.15, 0.2) is 0 Å². The van der Waals surface area contributed by atoms with Crippen LogP contribution in [0.25, 0.3) is 0 Å². The lowest BCUT2D eigenvalue weighted by molar-refractivity contribution is -0.00736. The van der Waals surface area contributed by atoms with Crippen LogP contribution in [-0.2, 0) is 4.74 Å². The first-order valence-corrected chi connectivity index (χ1v) is 5.74. The Balaban J connectivity index is 2.48. The van der Waals surface area contributed by atoms with Gasteiger partial charge >= 0.3 is 0 Å². The molecule has 3 atom stereocenters. The second-order valence-electron chi connectivity index (χ2n) is 5.32. The Morgan fingerprint density at radius 3 is 2.43 bits per heavy atom. The second kappa shape index (κ2) is 4.63. The van der Waals surface area contributed by atoms with Gasteiger partial charge in [-0.1, -0.05) is 20.8 Å². The average Bonchev–Trinajstić information content (AvgIpc) is 2.50. The smallest absolute Gasteiger partial charge is 0.0585 e. The van der Waals surface area contributed by atoms with Crippen LogP contribution in [0.3, 0.4) is 0 Å². The molecule has 1 saturated heterocycles. The summed E-state index contributed by atoms with van der Waals surface area (Å²) in [5.74, 6) is 0.506. The minimum atomic E-state index is 0.0225. The fraction of sp³-hybridized carbons (Fsp3) is 1.00. The van der Waals surface area contributed by atoms with Crippen LogP contribution >= 0.6 is 0 Å². The molecule has 1 aliphatic heterocycles. The molecule has 1 heterocycles. The summed E-state index contributed by atoms with van der Waals surface area (Å²) in [5, 5.41) is 9.43. The van der Waals surface area contributed by atoms with Crippen LogP contribution in [-0.4, -0.2) is 23.9 Å². The van der Waals surface area contributed by atoms with Crippen molar-refractivity contribution in [3.63, 3.8) is 0 Å². The number of hydrogen-bond acceptors (Lipinski definition) is 2. The van der Waals surface area contributed by atoms with Crippen molar-refractivity contribution in [3.05, 3.63) is 0 Å². The van der Waals surface area contributed by atoms with E-state index in [4.69, 9.17) is 4.74 Å². The van der Waals surface area contributed by atoms with Crippen molar-refractivity contribution in [2.45, 2.75) is 59.2 Å². The van der Waals surface area contributed by atoms with Gasteiger partial charge < -0.3 is 9.84 Å². The van der Waals surface area contributed by atoms with Gasteiger partial charge in [-0.3, -0.25) is 0 Å². The molecule has 1 rings (SSSR count). The first-order chi connectivity index (χ1) is 6.48. The largest absolute Gasteiger partial charge is 0.396 e. The predicted molar refractivity (Wildman–Crippen MR) is 58.2 cm³/mol. The number of ether oxygens (including phenoxy) is 1. The summed E-state index contributed by atoms with van der Waals surface area (Å²) >= 11 is 0. The molecule has 84 valence electrons. The standard InChI is InChI=1S/C12H24O2/c1-9(2)12(4,8-13)7-11-6-5-10(3)14-11/h9-11,13H,5-8H2,1-4H3. The lowest BCUT2D eigenvalue weighted by Crippen LogP contribution is -2.32. The van der Waals surface area contributed by atoms with Gasteiger partial charge in [-0.25, -0.2) is 0 Å². The van der Waals surface area contributed by atoms with Crippen molar-refractivity contribution >= 4 is 0 Å². The molecular weight excluding hydrogens is 176 g/mol. The van der Waals surface area contributed by atoms with Gasteiger partial charge in [-0.2, -0.15) is 0 Å². The molecule has 1 N–H and O–H groups in total. The highest BCUT2D eigenvalue weighted by atomic mass is 16.5. The molecule has 0 amide bonds. The van der Waals surface area contributed by atoms with Crippen molar-refractivity contribution in [1.82, 2.24) is 0 Å². The average molecular weight is 200 g/mol. The fourth-order valence-corrected chi connectivity index (χ4v) is 2.04. The van der Waals surface area contributed by atoms with Crippen molar-refractivity contribution in [1.29, 1.82) is 0 Å². The van der Waals surface area contributed by atoms with Crippen molar-refractivity contribution in [2.24, 2.45) is 11.3 Å². The van der Waals surface area contributed by atoms with E-state index in [1.165, 1.54) is 6.42 Å². The SMILES string of the molecule is CC1CCC(CC(C)(CO)C(C)C)O1. The van der Waals surface area contributed by atoms with E-state index in [0.29, 0.717) is 18.1 Å². The summed E-state index contributed by atoms with van der Waals surface area (Å²) < 4.78 is 5.80. The second-order valence-corrected chi connectivity index (χ2v) is 5.32. The number of aliphatic hydroxyl groups excluding tert-OH is 1. The monoisotopic (exact) mass is 200 g/mol. The third-order valence-corrected chi connectivity index (χ3v) is 3.77. The summed E-state index contributed by atoms with van der Waals surface area (Å²) in [6.45, 7) is 8.90. The topological polar surface area (TPSA) is 29.5 Å². The Morgan fingerprint density at radius 1 is 1.43 bits per heavy atom. The number of hydrogen-bond donors (Lipinski definition) is 1. The molecule has 3 unspecified atom stereocenters. The van der Waals surface area contributed by atoms with E-state index >= 15 is 0 Å². The van der Waals surface area contributed by atoms with E-state index in [2.05, 4.69) is 27.7 Å². The lowest BCUT2D eigenvalue weighted by Gasteiger charge is -2.34. The molecule has 2 nitrogen and oxygen atoms in total. The number of rotatable bonds is 4. The highest BCUT2D eigenvalue weighted by Gasteiger charge is 2.34. The first kappa shape index (κ1) is 12.0. The van der Waals surface area contributed by atoms with Gasteiger partial charge in [0, 0.05) is 6.61 Å². The maximum Gasteiger partial charge on any atom is 0.0585 e. The molecule has 0 radical (unpaired) electrons. The Kier molecular flexibility index (Phi) is 3.96. The van der Waals surface area contributed by atoms with Gasteiger partial charge in [0.05, 0.1) is 12.2 Å². The van der Waals surface area contributed by atoms with E-state index in [9.17, 15) is 5.11 Å². The quantitative estimate of drug-likeness (QED) is 0.756. The molecule has 2 heteroatoms. The van der Waals surface area contributed by atoms with E-state index in [1.54, 1.807) is 0 Å². The minimum absolute atomic E-state index is 0.0225. The van der Waals surface area contributed by atoms with Crippen LogP contribution < -0.4 is 0 Å². The molecule has 0 aromatic carbocycles. The van der Waals surface area contributed by atoms with Crippen LogP contribution in [0.4, 0.5) is 0 Å². The zero-order valence-corrected chi connectivity index (χ0v) is 9.92. The zero-order chi connectivity index (χ0) is 10.8. The summed E-state index contributed by atoms with van der Waals surface area (Å²) in [4.78, 5) is 0. The third kappa shape index (κ3) is 2.71. The fourth-order valence-electron chi connectivity index (χ4n) is 2.04. The Morgan fingerprint density at radius 2 is 2.07 bits per heavy atom. The Labute approximate surface area is 87.7 Å². The van der Waals surface area contributed by atoms with E-state index in [0.717, 1.165) is 12.8 Å². The normalized spacial score (nSPS) is 32.1.